The summed E-state index contributed by atoms with van der Waals surface area (Å²) in [5, 5.41) is 4.04. The van der Waals surface area contributed by atoms with Gasteiger partial charge in [0.15, 0.2) is 12.4 Å². The molecule has 0 aliphatic rings. The predicted octanol–water partition coefficient (Wildman–Crippen LogP) is 3.30. The lowest BCUT2D eigenvalue weighted by Crippen LogP contribution is -2.26. The second-order valence-electron chi connectivity index (χ2n) is 4.02. The third-order valence-electron chi connectivity index (χ3n) is 2.54. The molecular weight excluding hydrogens is 266 g/mol. The molecule has 0 unspecified atom stereocenters. The first-order valence-corrected chi connectivity index (χ1v) is 7.03. The van der Waals surface area contributed by atoms with Gasteiger partial charge < -0.3 is 4.98 Å². The van der Waals surface area contributed by atoms with Crippen LogP contribution in [-0.4, -0.2) is 4.98 Å². The lowest BCUT2D eigenvalue weighted by Gasteiger charge is -2.07. The van der Waals surface area contributed by atoms with Gasteiger partial charge in [0.05, 0.1) is 0 Å². The predicted molar refractivity (Wildman–Crippen MR) is 79.6 cm³/mol. The van der Waals surface area contributed by atoms with E-state index in [2.05, 4.69) is 22.3 Å². The Balaban J connectivity index is 1.72. The van der Waals surface area contributed by atoms with E-state index in [-0.39, 0.29) is 0 Å². The average Bonchev–Trinajstić information content (AvgIpc) is 3.01. The molecule has 0 aromatic carbocycles. The van der Waals surface area contributed by atoms with Gasteiger partial charge in [-0.1, -0.05) is 30.2 Å². The largest absolute Gasteiger partial charge is 0.437 e. The fourth-order valence-corrected chi connectivity index (χ4v) is 2.16. The zero-order valence-electron chi connectivity index (χ0n) is 10.6. The number of hydrogen-bond donors (Lipinski definition) is 0. The van der Waals surface area contributed by atoms with Gasteiger partial charge in [-0.25, -0.2) is 0 Å². The molecule has 0 bridgehead atoms. The van der Waals surface area contributed by atoms with Crippen molar-refractivity contribution in [2.45, 2.75) is 0 Å². The number of rotatable bonds is 2. The van der Waals surface area contributed by atoms with Gasteiger partial charge in [0.25, 0.3) is 0 Å². The summed E-state index contributed by atoms with van der Waals surface area (Å²) >= 11 is 1.64. The van der Waals surface area contributed by atoms with Crippen LogP contribution in [0.25, 0.3) is 5.43 Å². The quantitative estimate of drug-likeness (QED) is 0.522. The highest BCUT2D eigenvalue weighted by atomic mass is 32.1. The number of pyridine rings is 2. The second-order valence-corrected chi connectivity index (χ2v) is 4.80. The van der Waals surface area contributed by atoms with Crippen LogP contribution in [0.5, 0.6) is 0 Å². The van der Waals surface area contributed by atoms with E-state index in [1.54, 1.807) is 22.2 Å². The van der Waals surface area contributed by atoms with Crippen molar-refractivity contribution < 1.29 is 4.68 Å². The number of nitrogens with zero attached hydrogens (tertiary/aromatic N) is 3. The van der Waals surface area contributed by atoms with Gasteiger partial charge in [0, 0.05) is 34.5 Å². The van der Waals surface area contributed by atoms with Crippen LogP contribution >= 0.6 is 11.3 Å². The smallest absolute Gasteiger partial charge is 0.182 e. The van der Waals surface area contributed by atoms with Crippen molar-refractivity contribution in [1.82, 2.24) is 4.98 Å². The first kappa shape index (κ1) is 12.4. The van der Waals surface area contributed by atoms with Gasteiger partial charge in [0.1, 0.15) is 0 Å². The molecule has 3 nitrogen and oxygen atoms in total. The van der Waals surface area contributed by atoms with E-state index >= 15 is 0 Å². The van der Waals surface area contributed by atoms with Crippen molar-refractivity contribution in [2.75, 3.05) is 0 Å². The lowest BCUT2D eigenvalue weighted by atomic mass is 10.2. The molecule has 0 spiro atoms. The highest BCUT2D eigenvalue weighted by Gasteiger charge is 1.92. The minimum atomic E-state index is 0.655. The van der Waals surface area contributed by atoms with Crippen molar-refractivity contribution in [3.05, 3.63) is 82.3 Å². The number of aromatic nitrogens is 2. The average molecular weight is 277 g/mol. The monoisotopic (exact) mass is 277 g/mol. The fraction of sp³-hybridized carbons (Fsp3) is 0. The van der Waals surface area contributed by atoms with Crippen LogP contribution in [0.1, 0.15) is 11.1 Å². The SMILES string of the molecule is C(#Cc1ccsc1)c1ccc([N-][n+]2ccccc2)nc1. The summed E-state index contributed by atoms with van der Waals surface area (Å²) in [7, 11) is 0. The van der Waals surface area contributed by atoms with Crippen LogP contribution in [0.2, 0.25) is 0 Å². The van der Waals surface area contributed by atoms with E-state index in [0.717, 1.165) is 11.1 Å². The Morgan fingerprint density at radius 1 is 1.00 bits per heavy atom. The van der Waals surface area contributed by atoms with E-state index in [1.165, 1.54) is 0 Å². The molecule has 0 fully saturated rings. The summed E-state index contributed by atoms with van der Waals surface area (Å²) in [4.78, 5) is 4.29. The zero-order chi connectivity index (χ0) is 13.6. The van der Waals surface area contributed by atoms with Gasteiger partial charge in [-0.3, -0.25) is 0 Å². The maximum Gasteiger partial charge on any atom is 0.182 e. The molecule has 0 amide bonds. The molecule has 3 aromatic rings. The third-order valence-corrected chi connectivity index (χ3v) is 3.22. The molecule has 20 heavy (non-hydrogen) atoms. The maximum absolute atomic E-state index is 4.35. The molecule has 3 heterocycles. The van der Waals surface area contributed by atoms with Gasteiger partial charge in [0.2, 0.25) is 0 Å². The van der Waals surface area contributed by atoms with Crippen LogP contribution in [0.15, 0.2) is 65.7 Å². The Morgan fingerprint density at radius 2 is 1.85 bits per heavy atom. The molecule has 0 radical (unpaired) electrons. The lowest BCUT2D eigenvalue weighted by molar-refractivity contribution is -0.619. The van der Waals surface area contributed by atoms with Gasteiger partial charge in [-0.2, -0.15) is 21.4 Å². The first-order valence-electron chi connectivity index (χ1n) is 6.09. The fourth-order valence-electron chi connectivity index (χ4n) is 1.57. The van der Waals surface area contributed by atoms with Gasteiger partial charge in [-0.05, 0) is 17.5 Å². The molecule has 96 valence electrons. The zero-order valence-corrected chi connectivity index (χ0v) is 11.4. The van der Waals surface area contributed by atoms with Crippen molar-refractivity contribution in [3.8, 4) is 11.8 Å². The Hall–Kier alpha value is -2.64. The molecule has 3 aromatic heterocycles. The van der Waals surface area contributed by atoms with Crippen molar-refractivity contribution >= 4 is 17.2 Å². The number of hydrogen-bond acceptors (Lipinski definition) is 2. The van der Waals surface area contributed by atoms with Gasteiger partial charge in [-0.15, -0.1) is 0 Å². The maximum atomic E-state index is 4.35. The van der Waals surface area contributed by atoms with E-state index in [4.69, 9.17) is 0 Å². The Labute approximate surface area is 121 Å². The van der Waals surface area contributed by atoms with Crippen LogP contribution in [0, 0.1) is 11.8 Å². The number of thiophene rings is 1. The molecule has 0 saturated carbocycles. The van der Waals surface area contributed by atoms with E-state index in [1.807, 2.05) is 59.6 Å². The van der Waals surface area contributed by atoms with E-state index in [0.29, 0.717) is 5.82 Å². The van der Waals surface area contributed by atoms with Crippen LogP contribution in [0.4, 0.5) is 5.82 Å². The summed E-state index contributed by atoms with van der Waals surface area (Å²) in [6, 6.07) is 11.6. The summed E-state index contributed by atoms with van der Waals surface area (Å²) < 4.78 is 1.72. The Kier molecular flexibility index (Phi) is 3.72. The normalized spacial score (nSPS) is 9.60. The summed E-state index contributed by atoms with van der Waals surface area (Å²) in [5.74, 6) is 6.83. The van der Waals surface area contributed by atoms with Crippen LogP contribution in [-0.2, 0) is 0 Å². The third kappa shape index (κ3) is 3.22. The van der Waals surface area contributed by atoms with E-state index < -0.39 is 0 Å². The van der Waals surface area contributed by atoms with Gasteiger partial charge >= 0.3 is 0 Å². The molecule has 0 aliphatic heterocycles. The highest BCUT2D eigenvalue weighted by Crippen LogP contribution is 2.11. The van der Waals surface area contributed by atoms with Crippen molar-refractivity contribution in [1.29, 1.82) is 0 Å². The van der Waals surface area contributed by atoms with Crippen LogP contribution in [0.3, 0.4) is 0 Å². The summed E-state index contributed by atoms with van der Waals surface area (Å²) in [6.07, 6.45) is 5.47. The first-order chi connectivity index (χ1) is 9.90. The molecule has 4 heteroatoms. The molecular formula is C16H11N3S. The van der Waals surface area contributed by atoms with Crippen molar-refractivity contribution in [3.63, 3.8) is 0 Å². The molecule has 0 aliphatic carbocycles. The molecule has 0 saturated heterocycles. The highest BCUT2D eigenvalue weighted by molar-refractivity contribution is 7.08. The standard InChI is InChI=1S/C16H11N3S/c1-2-9-19(10-3-1)18-16-7-6-14(12-17-16)4-5-15-8-11-20-13-15/h1-3,6-13H. The Bertz CT molecular complexity index is 723. The molecule has 3 rings (SSSR count). The van der Waals surface area contributed by atoms with Crippen LogP contribution < -0.4 is 4.68 Å². The second kappa shape index (κ2) is 6.00. The summed E-state index contributed by atoms with van der Waals surface area (Å²) in [5.41, 5.74) is 6.27. The molecule has 0 atom stereocenters. The molecule has 0 N–H and O–H groups in total. The summed E-state index contributed by atoms with van der Waals surface area (Å²) in [6.45, 7) is 0. The Morgan fingerprint density at radius 3 is 2.55 bits per heavy atom. The van der Waals surface area contributed by atoms with Crippen molar-refractivity contribution in [2.24, 2.45) is 0 Å². The minimum absolute atomic E-state index is 0.655. The topological polar surface area (TPSA) is 30.9 Å². The minimum Gasteiger partial charge on any atom is -0.437 e. The van der Waals surface area contributed by atoms with E-state index in [9.17, 15) is 0 Å².